The number of hydrogen-bond acceptors (Lipinski definition) is 3. The van der Waals surface area contributed by atoms with Gasteiger partial charge in [-0.25, -0.2) is 4.98 Å². The average Bonchev–Trinajstić information content (AvgIpc) is 2.51. The predicted molar refractivity (Wildman–Crippen MR) is 67.4 cm³/mol. The molecule has 4 nitrogen and oxygen atoms in total. The lowest BCUT2D eigenvalue weighted by Gasteiger charge is -2.26. The van der Waals surface area contributed by atoms with Crippen molar-refractivity contribution in [3.8, 4) is 0 Å². The first-order chi connectivity index (χ1) is 7.75. The minimum Gasteiger partial charge on any atom is -0.397 e. The second kappa shape index (κ2) is 3.75. The van der Waals surface area contributed by atoms with Gasteiger partial charge in [-0.2, -0.15) is 0 Å². The van der Waals surface area contributed by atoms with E-state index < -0.39 is 0 Å². The lowest BCUT2D eigenvalue weighted by Crippen LogP contribution is -2.43. The van der Waals surface area contributed by atoms with E-state index in [-0.39, 0.29) is 0 Å². The molecule has 5 heteroatoms. The molecule has 1 saturated heterocycles. The quantitative estimate of drug-likeness (QED) is 0.875. The Balaban J connectivity index is 2.07. The van der Waals surface area contributed by atoms with Crippen molar-refractivity contribution in [1.29, 1.82) is 0 Å². The van der Waals surface area contributed by atoms with Gasteiger partial charge in [-0.15, -0.1) is 0 Å². The average molecular weight is 281 g/mol. The summed E-state index contributed by atoms with van der Waals surface area (Å²) in [6, 6.07) is 3.86. The highest BCUT2D eigenvalue weighted by atomic mass is 79.9. The summed E-state index contributed by atoms with van der Waals surface area (Å²) >= 11 is 3.47. The molecule has 2 aromatic rings. The van der Waals surface area contributed by atoms with Crippen LogP contribution in [0.2, 0.25) is 0 Å². The first kappa shape index (κ1) is 10.1. The van der Waals surface area contributed by atoms with Gasteiger partial charge in [0.05, 0.1) is 5.69 Å². The third-order valence-corrected chi connectivity index (χ3v) is 3.62. The van der Waals surface area contributed by atoms with Crippen molar-refractivity contribution in [2.24, 2.45) is 5.92 Å². The van der Waals surface area contributed by atoms with Gasteiger partial charge in [0.1, 0.15) is 15.9 Å². The molecule has 84 valence electrons. The largest absolute Gasteiger partial charge is 0.397 e. The van der Waals surface area contributed by atoms with Crippen molar-refractivity contribution in [2.45, 2.75) is 6.42 Å². The second-order valence-electron chi connectivity index (χ2n) is 4.23. The summed E-state index contributed by atoms with van der Waals surface area (Å²) in [7, 11) is 0. The van der Waals surface area contributed by atoms with Crippen LogP contribution in [-0.4, -0.2) is 22.5 Å². The molecular weight excluding hydrogens is 268 g/mol. The van der Waals surface area contributed by atoms with E-state index in [4.69, 9.17) is 5.73 Å². The van der Waals surface area contributed by atoms with E-state index in [9.17, 15) is 0 Å². The number of rotatable bonds is 2. The fourth-order valence-electron chi connectivity index (χ4n) is 2.07. The minimum absolute atomic E-state index is 0.707. The van der Waals surface area contributed by atoms with Crippen molar-refractivity contribution in [2.75, 3.05) is 18.8 Å². The van der Waals surface area contributed by atoms with E-state index in [1.165, 1.54) is 0 Å². The van der Waals surface area contributed by atoms with Crippen LogP contribution < -0.4 is 11.1 Å². The number of pyridine rings is 1. The molecule has 0 bridgehead atoms. The number of fused-ring (bicyclic) bond motifs is 1. The molecule has 1 aliphatic rings. The molecule has 0 unspecified atom stereocenters. The maximum absolute atomic E-state index is 5.94. The molecule has 2 aromatic heterocycles. The zero-order chi connectivity index (χ0) is 11.1. The predicted octanol–water partition coefficient (Wildman–Crippen LogP) is 1.44. The first-order valence-electron chi connectivity index (χ1n) is 5.37. The second-order valence-corrected chi connectivity index (χ2v) is 4.98. The fraction of sp³-hybridized carbons (Fsp3) is 0.364. The summed E-state index contributed by atoms with van der Waals surface area (Å²) in [6.45, 7) is 2.18. The van der Waals surface area contributed by atoms with Crippen molar-refractivity contribution in [1.82, 2.24) is 14.7 Å². The number of nitrogens with two attached hydrogens (primary N) is 1. The first-order valence-corrected chi connectivity index (χ1v) is 6.16. The molecule has 0 aliphatic carbocycles. The molecule has 0 saturated carbocycles. The Hall–Kier alpha value is -1.07. The SMILES string of the molecule is Nc1cccn2c(CC3CNC3)nc(Br)c12. The van der Waals surface area contributed by atoms with Gasteiger partial charge in [0.15, 0.2) is 0 Å². The Morgan fingerprint density at radius 3 is 3.06 bits per heavy atom. The molecule has 0 spiro atoms. The highest BCUT2D eigenvalue weighted by Crippen LogP contribution is 2.25. The molecular formula is C11H13BrN4. The summed E-state index contributed by atoms with van der Waals surface area (Å²) in [4.78, 5) is 4.54. The normalized spacial score (nSPS) is 16.6. The van der Waals surface area contributed by atoms with Crippen LogP contribution in [0.3, 0.4) is 0 Å². The summed E-state index contributed by atoms with van der Waals surface area (Å²) in [6.07, 6.45) is 3.02. The number of imidazole rings is 1. The zero-order valence-corrected chi connectivity index (χ0v) is 10.4. The molecule has 16 heavy (non-hydrogen) atoms. The summed E-state index contributed by atoms with van der Waals surface area (Å²) in [5.74, 6) is 1.79. The van der Waals surface area contributed by atoms with Crippen LogP contribution in [-0.2, 0) is 6.42 Å². The van der Waals surface area contributed by atoms with Gasteiger partial charge in [0.2, 0.25) is 0 Å². The number of hydrogen-bond donors (Lipinski definition) is 2. The van der Waals surface area contributed by atoms with E-state index >= 15 is 0 Å². The molecule has 0 atom stereocenters. The Morgan fingerprint density at radius 1 is 1.56 bits per heavy atom. The maximum Gasteiger partial charge on any atom is 0.134 e. The van der Waals surface area contributed by atoms with Gasteiger partial charge < -0.3 is 15.5 Å². The maximum atomic E-state index is 5.94. The van der Waals surface area contributed by atoms with E-state index in [0.717, 1.165) is 41.1 Å². The number of anilines is 1. The number of halogens is 1. The van der Waals surface area contributed by atoms with Gasteiger partial charge in [0, 0.05) is 12.6 Å². The van der Waals surface area contributed by atoms with E-state index in [2.05, 4.69) is 30.6 Å². The number of nitrogens with one attached hydrogen (secondary N) is 1. The van der Waals surface area contributed by atoms with Crippen LogP contribution in [0.1, 0.15) is 5.82 Å². The summed E-state index contributed by atoms with van der Waals surface area (Å²) in [5.41, 5.74) is 7.68. The molecule has 0 radical (unpaired) electrons. The zero-order valence-electron chi connectivity index (χ0n) is 8.78. The number of nitrogens with zero attached hydrogens (tertiary/aromatic N) is 2. The monoisotopic (exact) mass is 280 g/mol. The Morgan fingerprint density at radius 2 is 2.38 bits per heavy atom. The fourth-order valence-corrected chi connectivity index (χ4v) is 2.70. The molecule has 1 aliphatic heterocycles. The van der Waals surface area contributed by atoms with Crippen molar-refractivity contribution in [3.05, 3.63) is 28.8 Å². The summed E-state index contributed by atoms with van der Waals surface area (Å²) < 4.78 is 2.92. The van der Waals surface area contributed by atoms with E-state index in [1.807, 2.05) is 18.3 Å². The molecule has 3 rings (SSSR count). The Kier molecular flexibility index (Phi) is 2.37. The summed E-state index contributed by atoms with van der Waals surface area (Å²) in [5, 5.41) is 3.27. The Labute approximate surface area is 102 Å². The number of aromatic nitrogens is 2. The molecule has 1 fully saturated rings. The van der Waals surface area contributed by atoms with Crippen molar-refractivity contribution >= 4 is 27.1 Å². The minimum atomic E-state index is 0.707. The van der Waals surface area contributed by atoms with Crippen molar-refractivity contribution < 1.29 is 0 Å². The molecule has 0 amide bonds. The van der Waals surface area contributed by atoms with Gasteiger partial charge in [-0.05, 0) is 47.1 Å². The highest BCUT2D eigenvalue weighted by molar-refractivity contribution is 9.10. The van der Waals surface area contributed by atoms with E-state index in [0.29, 0.717) is 5.92 Å². The van der Waals surface area contributed by atoms with Crippen LogP contribution >= 0.6 is 15.9 Å². The van der Waals surface area contributed by atoms with Crippen LogP contribution in [0.15, 0.2) is 22.9 Å². The smallest absolute Gasteiger partial charge is 0.134 e. The van der Waals surface area contributed by atoms with Gasteiger partial charge in [-0.3, -0.25) is 0 Å². The number of nitrogen functional groups attached to an aromatic ring is 1. The molecule has 3 heterocycles. The van der Waals surface area contributed by atoms with E-state index in [1.54, 1.807) is 0 Å². The molecule has 0 aromatic carbocycles. The lowest BCUT2D eigenvalue weighted by atomic mass is 9.99. The topological polar surface area (TPSA) is 55.4 Å². The van der Waals surface area contributed by atoms with Crippen LogP contribution in [0.4, 0.5) is 5.69 Å². The van der Waals surface area contributed by atoms with Gasteiger partial charge in [-0.1, -0.05) is 0 Å². The van der Waals surface area contributed by atoms with Gasteiger partial charge >= 0.3 is 0 Å². The highest BCUT2D eigenvalue weighted by Gasteiger charge is 2.20. The van der Waals surface area contributed by atoms with Gasteiger partial charge in [0.25, 0.3) is 0 Å². The standard InChI is InChI=1S/C11H13BrN4/c12-11-10-8(13)2-1-3-16(10)9(15-11)4-7-5-14-6-7/h1-3,7,14H,4-6,13H2. The van der Waals surface area contributed by atoms with Crippen molar-refractivity contribution in [3.63, 3.8) is 0 Å². The lowest BCUT2D eigenvalue weighted by molar-refractivity contribution is 0.340. The third-order valence-electron chi connectivity index (χ3n) is 3.06. The van der Waals surface area contributed by atoms with Crippen LogP contribution in [0.5, 0.6) is 0 Å². The molecule has 3 N–H and O–H groups in total. The third kappa shape index (κ3) is 1.51. The van der Waals surface area contributed by atoms with Crippen LogP contribution in [0, 0.1) is 5.92 Å². The van der Waals surface area contributed by atoms with Crippen LogP contribution in [0.25, 0.3) is 5.52 Å². The Bertz CT molecular complexity index is 530.